The molecule has 0 amide bonds. The van der Waals surface area contributed by atoms with Crippen LogP contribution in [0.1, 0.15) is 23.1 Å². The molecule has 2 rings (SSSR count). The third-order valence-corrected chi connectivity index (χ3v) is 2.45. The van der Waals surface area contributed by atoms with Gasteiger partial charge in [0.15, 0.2) is 11.6 Å². The van der Waals surface area contributed by atoms with Crippen molar-refractivity contribution in [3.63, 3.8) is 0 Å². The number of benzene rings is 1. The first-order valence-corrected chi connectivity index (χ1v) is 4.44. The van der Waals surface area contributed by atoms with E-state index in [2.05, 4.69) is 0 Å². The standard InChI is InChI=1S/C11H9F3/c1-6-5-7-3-2-4-8(12)9(7)11(14)10(6)13/h4-5H,2-3H2,1H3. The van der Waals surface area contributed by atoms with Crippen molar-refractivity contribution in [1.82, 2.24) is 0 Å². The Morgan fingerprint density at radius 1 is 1.14 bits per heavy atom. The van der Waals surface area contributed by atoms with Gasteiger partial charge in [-0.25, -0.2) is 13.2 Å². The summed E-state index contributed by atoms with van der Waals surface area (Å²) in [6.07, 6.45) is 2.41. The first-order chi connectivity index (χ1) is 6.61. The van der Waals surface area contributed by atoms with E-state index in [0.717, 1.165) is 0 Å². The molecule has 0 aliphatic heterocycles. The Hall–Kier alpha value is -1.25. The Morgan fingerprint density at radius 3 is 2.57 bits per heavy atom. The third-order valence-electron chi connectivity index (χ3n) is 2.45. The first kappa shape index (κ1) is 9.31. The lowest BCUT2D eigenvalue weighted by atomic mass is 9.94. The molecule has 0 aromatic heterocycles. The summed E-state index contributed by atoms with van der Waals surface area (Å²) in [6.45, 7) is 1.48. The van der Waals surface area contributed by atoms with Crippen LogP contribution in [0.15, 0.2) is 12.1 Å². The average Bonchev–Trinajstić information content (AvgIpc) is 2.14. The lowest BCUT2D eigenvalue weighted by molar-refractivity contribution is 0.494. The predicted molar refractivity (Wildman–Crippen MR) is 48.5 cm³/mol. The minimum absolute atomic E-state index is 0.195. The number of hydrogen-bond acceptors (Lipinski definition) is 0. The molecule has 0 nitrogen and oxygen atoms in total. The lowest BCUT2D eigenvalue weighted by Gasteiger charge is -2.14. The van der Waals surface area contributed by atoms with E-state index < -0.39 is 17.5 Å². The molecule has 0 unspecified atom stereocenters. The smallest absolute Gasteiger partial charge is 0.169 e. The summed E-state index contributed by atoms with van der Waals surface area (Å²) in [4.78, 5) is 0. The lowest BCUT2D eigenvalue weighted by Crippen LogP contribution is -2.04. The molecule has 1 aliphatic carbocycles. The highest BCUT2D eigenvalue weighted by Crippen LogP contribution is 2.32. The van der Waals surface area contributed by atoms with Crippen LogP contribution in [0.5, 0.6) is 0 Å². The number of fused-ring (bicyclic) bond motifs is 1. The molecule has 0 N–H and O–H groups in total. The van der Waals surface area contributed by atoms with Gasteiger partial charge in [-0.1, -0.05) is 6.07 Å². The molecule has 0 fully saturated rings. The molecule has 74 valence electrons. The molecular weight excluding hydrogens is 189 g/mol. The quantitative estimate of drug-likeness (QED) is 0.598. The fourth-order valence-electron chi connectivity index (χ4n) is 1.73. The molecule has 0 saturated heterocycles. The molecule has 0 heterocycles. The molecule has 0 spiro atoms. The van der Waals surface area contributed by atoms with Crippen molar-refractivity contribution in [3.8, 4) is 0 Å². The minimum Gasteiger partial charge on any atom is -0.207 e. The van der Waals surface area contributed by atoms with Gasteiger partial charge < -0.3 is 0 Å². The summed E-state index contributed by atoms with van der Waals surface area (Å²) in [7, 11) is 0. The van der Waals surface area contributed by atoms with Crippen LogP contribution in [0.2, 0.25) is 0 Å². The Bertz CT molecular complexity index is 419. The normalized spacial score (nSPS) is 15.0. The van der Waals surface area contributed by atoms with Crippen LogP contribution in [-0.4, -0.2) is 0 Å². The van der Waals surface area contributed by atoms with Crippen molar-refractivity contribution in [2.24, 2.45) is 0 Å². The zero-order chi connectivity index (χ0) is 10.3. The van der Waals surface area contributed by atoms with Gasteiger partial charge in [0.05, 0.1) is 5.56 Å². The van der Waals surface area contributed by atoms with Crippen LogP contribution < -0.4 is 0 Å². The van der Waals surface area contributed by atoms with Crippen LogP contribution in [0.25, 0.3) is 5.83 Å². The Morgan fingerprint density at radius 2 is 1.86 bits per heavy atom. The Kier molecular flexibility index (Phi) is 2.10. The fourth-order valence-corrected chi connectivity index (χ4v) is 1.73. The second kappa shape index (κ2) is 3.15. The van der Waals surface area contributed by atoms with Crippen molar-refractivity contribution in [1.29, 1.82) is 0 Å². The molecule has 0 saturated carbocycles. The molecule has 1 aromatic rings. The van der Waals surface area contributed by atoms with E-state index in [9.17, 15) is 13.2 Å². The van der Waals surface area contributed by atoms with Crippen LogP contribution in [-0.2, 0) is 6.42 Å². The number of allylic oxidation sites excluding steroid dienone is 1. The molecule has 1 aromatic carbocycles. The molecule has 0 bridgehead atoms. The van der Waals surface area contributed by atoms with Gasteiger partial charge in [-0.15, -0.1) is 0 Å². The van der Waals surface area contributed by atoms with E-state index >= 15 is 0 Å². The van der Waals surface area contributed by atoms with E-state index in [0.29, 0.717) is 18.4 Å². The van der Waals surface area contributed by atoms with Gasteiger partial charge in [0.2, 0.25) is 0 Å². The van der Waals surface area contributed by atoms with Gasteiger partial charge in [0.1, 0.15) is 5.83 Å². The first-order valence-electron chi connectivity index (χ1n) is 4.44. The van der Waals surface area contributed by atoms with E-state index in [1.54, 1.807) is 0 Å². The van der Waals surface area contributed by atoms with Crippen LogP contribution in [0.3, 0.4) is 0 Å². The molecular formula is C11H9F3. The van der Waals surface area contributed by atoms with Gasteiger partial charge in [0, 0.05) is 0 Å². The number of rotatable bonds is 0. The number of aryl methyl sites for hydroxylation is 2. The third kappa shape index (κ3) is 1.24. The van der Waals surface area contributed by atoms with E-state index in [4.69, 9.17) is 0 Å². The highest BCUT2D eigenvalue weighted by Gasteiger charge is 2.21. The average molecular weight is 198 g/mol. The van der Waals surface area contributed by atoms with Gasteiger partial charge in [0.25, 0.3) is 0 Å². The zero-order valence-corrected chi connectivity index (χ0v) is 7.70. The van der Waals surface area contributed by atoms with E-state index in [1.807, 2.05) is 0 Å². The minimum atomic E-state index is -1.06. The summed E-state index contributed by atoms with van der Waals surface area (Å²) in [5.41, 5.74) is 0.594. The highest BCUT2D eigenvalue weighted by atomic mass is 19.2. The largest absolute Gasteiger partial charge is 0.207 e. The summed E-state index contributed by atoms with van der Waals surface area (Å²) < 4.78 is 39.7. The Balaban J connectivity index is 2.73. The highest BCUT2D eigenvalue weighted by molar-refractivity contribution is 5.65. The van der Waals surface area contributed by atoms with E-state index in [1.165, 1.54) is 19.1 Å². The van der Waals surface area contributed by atoms with Crippen molar-refractivity contribution < 1.29 is 13.2 Å². The second-order valence-corrected chi connectivity index (χ2v) is 3.45. The summed E-state index contributed by atoms with van der Waals surface area (Å²) in [5, 5.41) is 0. The maximum atomic E-state index is 13.3. The second-order valence-electron chi connectivity index (χ2n) is 3.45. The topological polar surface area (TPSA) is 0 Å². The van der Waals surface area contributed by atoms with Crippen LogP contribution in [0.4, 0.5) is 13.2 Å². The Labute approximate surface area is 80.1 Å². The van der Waals surface area contributed by atoms with Crippen molar-refractivity contribution >= 4 is 5.83 Å². The number of halogens is 3. The maximum Gasteiger partial charge on any atom is 0.169 e. The maximum absolute atomic E-state index is 13.3. The van der Waals surface area contributed by atoms with Crippen LogP contribution in [0, 0.1) is 18.6 Å². The molecule has 0 radical (unpaired) electrons. The predicted octanol–water partition coefficient (Wildman–Crippen LogP) is 3.53. The number of hydrogen-bond donors (Lipinski definition) is 0. The summed E-state index contributed by atoms with van der Waals surface area (Å²) >= 11 is 0. The van der Waals surface area contributed by atoms with Crippen molar-refractivity contribution in [3.05, 3.63) is 40.5 Å². The van der Waals surface area contributed by atoms with Crippen molar-refractivity contribution in [2.45, 2.75) is 19.8 Å². The fraction of sp³-hybridized carbons (Fsp3) is 0.273. The van der Waals surface area contributed by atoms with Gasteiger partial charge in [-0.05, 0) is 37.0 Å². The van der Waals surface area contributed by atoms with E-state index in [-0.39, 0.29) is 11.1 Å². The van der Waals surface area contributed by atoms with Gasteiger partial charge in [-0.3, -0.25) is 0 Å². The molecule has 0 atom stereocenters. The van der Waals surface area contributed by atoms with Crippen LogP contribution >= 0.6 is 0 Å². The van der Waals surface area contributed by atoms with Gasteiger partial charge >= 0.3 is 0 Å². The summed E-state index contributed by atoms with van der Waals surface area (Å²) in [5.74, 6) is -2.66. The zero-order valence-electron chi connectivity index (χ0n) is 7.70. The summed E-state index contributed by atoms with van der Waals surface area (Å²) in [6, 6.07) is 1.51. The van der Waals surface area contributed by atoms with Crippen molar-refractivity contribution in [2.75, 3.05) is 0 Å². The van der Waals surface area contributed by atoms with Gasteiger partial charge in [-0.2, -0.15) is 0 Å². The SMILES string of the molecule is Cc1cc2c(c(F)c1F)C(F)=CCC2. The molecule has 3 heteroatoms. The molecule has 14 heavy (non-hydrogen) atoms. The monoisotopic (exact) mass is 198 g/mol. The molecule has 1 aliphatic rings.